The molecule has 1 aromatic heterocycles. The third-order valence-corrected chi connectivity index (χ3v) is 4.34. The minimum absolute atomic E-state index is 0.0263. The quantitative estimate of drug-likeness (QED) is 0.270. The van der Waals surface area contributed by atoms with Gasteiger partial charge in [-0.15, -0.1) is 0 Å². The first-order chi connectivity index (χ1) is 13.1. The number of Topliss-reactive ketones (excluding diaryl/α,β-unsaturated/α-hetero) is 1. The Balaban J connectivity index is 1.55. The van der Waals surface area contributed by atoms with Crippen LogP contribution in [-0.2, 0) is 6.42 Å². The Hall–Kier alpha value is -3.12. The number of benzene rings is 2. The monoisotopic (exact) mass is 367 g/mol. The number of hydroxylamine groups is 1. The number of aryl methyl sites for hydroxylation is 1. The molecule has 0 spiro atoms. The van der Waals surface area contributed by atoms with Gasteiger partial charge in [0.2, 0.25) is 0 Å². The summed E-state index contributed by atoms with van der Waals surface area (Å²) in [4.78, 5) is 23.8. The van der Waals surface area contributed by atoms with E-state index in [-0.39, 0.29) is 5.78 Å². The van der Waals surface area contributed by atoms with Crippen molar-refractivity contribution in [3.63, 3.8) is 0 Å². The molecule has 2 aromatic carbocycles. The van der Waals surface area contributed by atoms with Crippen LogP contribution in [0.15, 0.2) is 52.9 Å². The number of fused-ring (bicyclic) bond motifs is 1. The van der Waals surface area contributed by atoms with Crippen molar-refractivity contribution in [1.29, 1.82) is 0 Å². The van der Waals surface area contributed by atoms with E-state index in [2.05, 4.69) is 0 Å². The van der Waals surface area contributed by atoms with E-state index in [1.54, 1.807) is 29.7 Å². The predicted molar refractivity (Wildman–Crippen MR) is 100 cm³/mol. The van der Waals surface area contributed by atoms with Crippen molar-refractivity contribution in [2.45, 2.75) is 26.2 Å². The van der Waals surface area contributed by atoms with Crippen LogP contribution >= 0.6 is 0 Å². The molecule has 3 aromatic rings. The Labute approximate surface area is 156 Å². The molecule has 6 heteroatoms. The van der Waals surface area contributed by atoms with E-state index >= 15 is 0 Å². The van der Waals surface area contributed by atoms with Gasteiger partial charge in [0.05, 0.1) is 6.61 Å². The highest BCUT2D eigenvalue weighted by Crippen LogP contribution is 2.27. The minimum Gasteiger partial charge on any atom is -0.494 e. The predicted octanol–water partition coefficient (Wildman–Crippen LogP) is 4.16. The van der Waals surface area contributed by atoms with Gasteiger partial charge in [0.25, 0.3) is 5.91 Å². The first-order valence-corrected chi connectivity index (χ1v) is 8.85. The number of ketones is 1. The summed E-state index contributed by atoms with van der Waals surface area (Å²) in [5, 5.41) is 9.58. The maximum atomic E-state index is 12.5. The van der Waals surface area contributed by atoms with Crippen molar-refractivity contribution in [2.24, 2.45) is 0 Å². The summed E-state index contributed by atoms with van der Waals surface area (Å²) < 4.78 is 11.4. The van der Waals surface area contributed by atoms with Crippen LogP contribution < -0.4 is 10.2 Å². The van der Waals surface area contributed by atoms with Crippen molar-refractivity contribution < 1.29 is 24.0 Å². The average molecular weight is 367 g/mol. The minimum atomic E-state index is -0.579. The first-order valence-electron chi connectivity index (χ1n) is 8.85. The highest BCUT2D eigenvalue weighted by Gasteiger charge is 2.18. The van der Waals surface area contributed by atoms with Crippen LogP contribution in [0, 0.1) is 0 Å². The van der Waals surface area contributed by atoms with Crippen LogP contribution in [0.1, 0.15) is 46.2 Å². The van der Waals surface area contributed by atoms with E-state index in [0.717, 1.165) is 23.0 Å². The maximum Gasteiger partial charge on any atom is 0.274 e. The molecule has 1 heterocycles. The number of furan rings is 1. The summed E-state index contributed by atoms with van der Waals surface area (Å²) in [5.74, 6) is 0.430. The molecule has 0 aliphatic rings. The molecular formula is C21H21NO5. The van der Waals surface area contributed by atoms with E-state index in [4.69, 9.17) is 14.4 Å². The van der Waals surface area contributed by atoms with Gasteiger partial charge in [-0.25, -0.2) is 5.48 Å². The summed E-state index contributed by atoms with van der Waals surface area (Å²) in [6, 6.07) is 14.0. The fraction of sp³-hybridized carbons (Fsp3) is 0.238. The Morgan fingerprint density at radius 3 is 2.56 bits per heavy atom. The zero-order valence-electron chi connectivity index (χ0n) is 15.0. The molecule has 27 heavy (non-hydrogen) atoms. The second-order valence-corrected chi connectivity index (χ2v) is 6.10. The van der Waals surface area contributed by atoms with Gasteiger partial charge in [0.1, 0.15) is 11.3 Å². The number of ether oxygens (including phenoxy) is 1. The van der Waals surface area contributed by atoms with Crippen molar-refractivity contribution in [2.75, 3.05) is 6.61 Å². The van der Waals surface area contributed by atoms with Gasteiger partial charge >= 0.3 is 0 Å². The second-order valence-electron chi connectivity index (χ2n) is 6.10. The van der Waals surface area contributed by atoms with Crippen molar-refractivity contribution in [3.8, 4) is 5.75 Å². The molecule has 0 aliphatic carbocycles. The standard InChI is InChI=1S/C21H21NO5/c1-2-16-17-6-3-4-8-19(17)27-20(16)18(23)7-5-13-26-15-11-9-14(10-12-15)21(24)22-25/h3-4,6,8-12,25H,2,5,7,13H2,1H3,(H,22,24). The molecule has 3 rings (SSSR count). The smallest absolute Gasteiger partial charge is 0.274 e. The SMILES string of the molecule is CCc1c(C(=O)CCCOc2ccc(C(=O)NO)cc2)oc2ccccc12. The summed E-state index contributed by atoms with van der Waals surface area (Å²) >= 11 is 0. The molecule has 0 radical (unpaired) electrons. The molecule has 140 valence electrons. The number of carbonyl (C=O) groups is 2. The van der Waals surface area contributed by atoms with Gasteiger partial charge in [-0.1, -0.05) is 25.1 Å². The van der Waals surface area contributed by atoms with Crippen LogP contribution in [0.25, 0.3) is 11.0 Å². The number of rotatable bonds is 8. The molecule has 6 nitrogen and oxygen atoms in total. The molecule has 2 N–H and O–H groups in total. The van der Waals surface area contributed by atoms with Crippen molar-refractivity contribution in [3.05, 3.63) is 65.4 Å². The average Bonchev–Trinajstić information content (AvgIpc) is 3.09. The van der Waals surface area contributed by atoms with Crippen molar-refractivity contribution in [1.82, 2.24) is 5.48 Å². The molecule has 1 amide bonds. The lowest BCUT2D eigenvalue weighted by atomic mass is 10.0. The zero-order chi connectivity index (χ0) is 19.2. The van der Waals surface area contributed by atoms with Gasteiger partial charge in [0.15, 0.2) is 11.5 Å². The summed E-state index contributed by atoms with van der Waals surface area (Å²) in [6.45, 7) is 2.39. The number of carbonyl (C=O) groups excluding carboxylic acids is 2. The number of amides is 1. The Morgan fingerprint density at radius 1 is 1.11 bits per heavy atom. The van der Waals surface area contributed by atoms with E-state index in [0.29, 0.717) is 36.5 Å². The molecule has 0 aliphatic heterocycles. The van der Waals surface area contributed by atoms with Crippen LogP contribution in [-0.4, -0.2) is 23.5 Å². The second kappa shape index (κ2) is 8.51. The third-order valence-electron chi connectivity index (χ3n) is 4.34. The summed E-state index contributed by atoms with van der Waals surface area (Å²) in [5.41, 5.74) is 3.59. The zero-order valence-corrected chi connectivity index (χ0v) is 15.0. The normalized spacial score (nSPS) is 10.7. The fourth-order valence-electron chi connectivity index (χ4n) is 2.98. The summed E-state index contributed by atoms with van der Waals surface area (Å²) in [7, 11) is 0. The van der Waals surface area contributed by atoms with E-state index < -0.39 is 5.91 Å². The molecule has 0 bridgehead atoms. The Morgan fingerprint density at radius 2 is 1.85 bits per heavy atom. The molecule has 0 saturated carbocycles. The van der Waals surface area contributed by atoms with Gasteiger partial charge in [0, 0.05) is 22.9 Å². The van der Waals surface area contributed by atoms with Crippen LogP contribution in [0.2, 0.25) is 0 Å². The first kappa shape index (κ1) is 18.7. The number of para-hydroxylation sites is 1. The molecular weight excluding hydrogens is 346 g/mol. The van der Waals surface area contributed by atoms with Crippen molar-refractivity contribution >= 4 is 22.7 Å². The van der Waals surface area contributed by atoms with Gasteiger partial charge in [-0.2, -0.15) is 0 Å². The van der Waals surface area contributed by atoms with Gasteiger partial charge < -0.3 is 9.15 Å². The lowest BCUT2D eigenvalue weighted by Crippen LogP contribution is -2.18. The van der Waals surface area contributed by atoms with Crippen LogP contribution in [0.5, 0.6) is 5.75 Å². The van der Waals surface area contributed by atoms with Gasteiger partial charge in [-0.05, 0) is 43.2 Å². The van der Waals surface area contributed by atoms with Crippen LogP contribution in [0.3, 0.4) is 0 Å². The lowest BCUT2D eigenvalue weighted by molar-refractivity contribution is 0.0706. The molecule has 0 saturated heterocycles. The Kier molecular flexibility index (Phi) is 5.88. The summed E-state index contributed by atoms with van der Waals surface area (Å²) in [6.07, 6.45) is 1.62. The Bertz CT molecular complexity index is 943. The highest BCUT2D eigenvalue weighted by molar-refractivity contribution is 6.00. The molecule has 0 unspecified atom stereocenters. The highest BCUT2D eigenvalue weighted by atomic mass is 16.5. The van der Waals surface area contributed by atoms with Crippen LogP contribution in [0.4, 0.5) is 0 Å². The van der Waals surface area contributed by atoms with E-state index in [9.17, 15) is 9.59 Å². The third kappa shape index (κ3) is 4.17. The van der Waals surface area contributed by atoms with E-state index in [1.165, 1.54) is 0 Å². The topological polar surface area (TPSA) is 88.8 Å². The van der Waals surface area contributed by atoms with E-state index in [1.807, 2.05) is 31.2 Å². The maximum absolute atomic E-state index is 12.5. The largest absolute Gasteiger partial charge is 0.494 e. The number of hydrogen-bond acceptors (Lipinski definition) is 5. The van der Waals surface area contributed by atoms with Gasteiger partial charge in [-0.3, -0.25) is 14.8 Å². The number of nitrogens with one attached hydrogen (secondary N) is 1. The molecule has 0 atom stereocenters. The fourth-order valence-corrected chi connectivity index (χ4v) is 2.98. The number of hydrogen-bond donors (Lipinski definition) is 2. The molecule has 0 fully saturated rings. The lowest BCUT2D eigenvalue weighted by Gasteiger charge is -2.06.